The Labute approximate surface area is 123 Å². The highest BCUT2D eigenvalue weighted by Crippen LogP contribution is 2.36. The van der Waals surface area contributed by atoms with E-state index < -0.39 is 0 Å². The number of fused-ring (bicyclic) bond motifs is 1. The standard InChI is InChI=1S/C14H22INS/c1-4-14(2,3)9-16-11-6-5-7-12-10(11)8-13(15)17-12/h8,11,16H,4-7,9H2,1-3H3. The summed E-state index contributed by atoms with van der Waals surface area (Å²) in [5, 5.41) is 3.79. The molecule has 2 rings (SSSR count). The molecule has 1 aromatic rings. The third-order valence-electron chi connectivity index (χ3n) is 3.87. The molecular weight excluding hydrogens is 341 g/mol. The van der Waals surface area contributed by atoms with Crippen molar-refractivity contribution in [2.75, 3.05) is 6.54 Å². The van der Waals surface area contributed by atoms with Crippen molar-refractivity contribution in [2.45, 2.75) is 52.5 Å². The topological polar surface area (TPSA) is 12.0 Å². The molecule has 17 heavy (non-hydrogen) atoms. The van der Waals surface area contributed by atoms with Crippen molar-refractivity contribution in [3.05, 3.63) is 19.4 Å². The zero-order valence-electron chi connectivity index (χ0n) is 11.0. The quantitative estimate of drug-likeness (QED) is 0.761. The van der Waals surface area contributed by atoms with Crippen LogP contribution in [0.4, 0.5) is 0 Å². The summed E-state index contributed by atoms with van der Waals surface area (Å²) in [7, 11) is 0. The first-order valence-electron chi connectivity index (χ1n) is 6.53. The highest BCUT2D eigenvalue weighted by Gasteiger charge is 2.24. The van der Waals surface area contributed by atoms with Crippen LogP contribution in [-0.2, 0) is 6.42 Å². The van der Waals surface area contributed by atoms with E-state index in [4.69, 9.17) is 0 Å². The van der Waals surface area contributed by atoms with Gasteiger partial charge >= 0.3 is 0 Å². The molecule has 3 heteroatoms. The van der Waals surface area contributed by atoms with Crippen molar-refractivity contribution >= 4 is 33.9 Å². The number of thiophene rings is 1. The molecule has 1 aliphatic rings. The summed E-state index contributed by atoms with van der Waals surface area (Å²) in [6.07, 6.45) is 5.17. The number of nitrogens with one attached hydrogen (secondary N) is 1. The molecule has 0 saturated heterocycles. The maximum absolute atomic E-state index is 3.79. The van der Waals surface area contributed by atoms with Crippen molar-refractivity contribution in [3.8, 4) is 0 Å². The Morgan fingerprint density at radius 3 is 3.00 bits per heavy atom. The lowest BCUT2D eigenvalue weighted by atomic mass is 9.88. The van der Waals surface area contributed by atoms with E-state index in [1.807, 2.05) is 11.3 Å². The molecule has 0 bridgehead atoms. The molecule has 1 atom stereocenters. The Morgan fingerprint density at radius 2 is 2.29 bits per heavy atom. The second-order valence-corrected chi connectivity index (χ2v) is 8.80. The van der Waals surface area contributed by atoms with Crippen LogP contribution in [0.25, 0.3) is 0 Å². The Kier molecular flexibility index (Phi) is 4.53. The van der Waals surface area contributed by atoms with E-state index in [-0.39, 0.29) is 0 Å². The lowest BCUT2D eigenvalue weighted by Crippen LogP contribution is -2.33. The van der Waals surface area contributed by atoms with E-state index in [2.05, 4.69) is 54.7 Å². The number of halogens is 1. The summed E-state index contributed by atoms with van der Waals surface area (Å²) < 4.78 is 1.44. The molecule has 1 unspecified atom stereocenters. The van der Waals surface area contributed by atoms with Crippen LogP contribution in [0.5, 0.6) is 0 Å². The number of hydrogen-bond donors (Lipinski definition) is 1. The largest absolute Gasteiger partial charge is 0.309 e. The van der Waals surface area contributed by atoms with Crippen LogP contribution in [0.2, 0.25) is 0 Å². The van der Waals surface area contributed by atoms with E-state index in [9.17, 15) is 0 Å². The Morgan fingerprint density at radius 1 is 1.53 bits per heavy atom. The Hall–Kier alpha value is 0.390. The number of rotatable bonds is 4. The third-order valence-corrected chi connectivity index (χ3v) is 5.84. The van der Waals surface area contributed by atoms with Gasteiger partial charge in [-0.05, 0) is 65.3 Å². The monoisotopic (exact) mass is 363 g/mol. The summed E-state index contributed by atoms with van der Waals surface area (Å²) in [6.45, 7) is 8.10. The van der Waals surface area contributed by atoms with Gasteiger partial charge in [0.2, 0.25) is 0 Å². The first kappa shape index (κ1) is 13.8. The van der Waals surface area contributed by atoms with Gasteiger partial charge in [-0.3, -0.25) is 0 Å². The lowest BCUT2D eigenvalue weighted by Gasteiger charge is -2.29. The van der Waals surface area contributed by atoms with E-state index >= 15 is 0 Å². The van der Waals surface area contributed by atoms with Crippen LogP contribution in [0.15, 0.2) is 6.07 Å². The molecule has 1 aliphatic carbocycles. The molecule has 0 spiro atoms. The van der Waals surface area contributed by atoms with Crippen LogP contribution in [0, 0.1) is 8.30 Å². The third kappa shape index (κ3) is 3.44. The van der Waals surface area contributed by atoms with E-state index in [1.54, 1.807) is 10.4 Å². The molecule has 0 radical (unpaired) electrons. The predicted octanol–water partition coefficient (Wildman–Crippen LogP) is 4.76. The first-order valence-corrected chi connectivity index (χ1v) is 8.43. The Bertz CT molecular complexity index is 384. The zero-order chi connectivity index (χ0) is 12.5. The van der Waals surface area contributed by atoms with Crippen molar-refractivity contribution in [3.63, 3.8) is 0 Å². The SMILES string of the molecule is CCC(C)(C)CNC1CCCc2sc(I)cc21. The van der Waals surface area contributed by atoms with Crippen molar-refractivity contribution in [1.82, 2.24) is 5.32 Å². The van der Waals surface area contributed by atoms with Gasteiger partial charge in [0.25, 0.3) is 0 Å². The summed E-state index contributed by atoms with van der Waals surface area (Å²) in [4.78, 5) is 1.62. The molecule has 1 nitrogen and oxygen atoms in total. The molecule has 0 fully saturated rings. The second-order valence-electron chi connectivity index (χ2n) is 5.77. The fraction of sp³-hybridized carbons (Fsp3) is 0.714. The van der Waals surface area contributed by atoms with Gasteiger partial charge in [-0.2, -0.15) is 0 Å². The zero-order valence-corrected chi connectivity index (χ0v) is 14.0. The normalized spacial score (nSPS) is 20.4. The van der Waals surface area contributed by atoms with Crippen molar-refractivity contribution in [1.29, 1.82) is 0 Å². The minimum Gasteiger partial charge on any atom is -0.309 e. The molecular formula is C14H22INS. The molecule has 0 amide bonds. The summed E-state index contributed by atoms with van der Waals surface area (Å²) in [5.74, 6) is 0. The highest BCUT2D eigenvalue weighted by atomic mass is 127. The van der Waals surface area contributed by atoms with Gasteiger partial charge < -0.3 is 5.32 Å². The molecule has 0 saturated carbocycles. The predicted molar refractivity (Wildman–Crippen MR) is 84.8 cm³/mol. The molecule has 1 aromatic heterocycles. The Balaban J connectivity index is 2.03. The van der Waals surface area contributed by atoms with Crippen LogP contribution in [0.3, 0.4) is 0 Å². The van der Waals surface area contributed by atoms with Gasteiger partial charge in [0.1, 0.15) is 0 Å². The molecule has 0 aromatic carbocycles. The van der Waals surface area contributed by atoms with Crippen LogP contribution in [0.1, 0.15) is 56.5 Å². The maximum atomic E-state index is 3.79. The average Bonchev–Trinajstić information content (AvgIpc) is 2.67. The maximum Gasteiger partial charge on any atom is 0.0659 e. The second kappa shape index (κ2) is 5.57. The fourth-order valence-corrected chi connectivity index (χ4v) is 4.38. The van der Waals surface area contributed by atoms with Gasteiger partial charge in [0, 0.05) is 17.5 Å². The van der Waals surface area contributed by atoms with Crippen LogP contribution in [-0.4, -0.2) is 6.54 Å². The van der Waals surface area contributed by atoms with Gasteiger partial charge in [-0.15, -0.1) is 11.3 Å². The van der Waals surface area contributed by atoms with Gasteiger partial charge in [0.15, 0.2) is 0 Å². The lowest BCUT2D eigenvalue weighted by molar-refractivity contribution is 0.300. The van der Waals surface area contributed by atoms with Gasteiger partial charge in [0.05, 0.1) is 2.88 Å². The number of aryl methyl sites for hydroxylation is 1. The van der Waals surface area contributed by atoms with E-state index in [0.717, 1.165) is 6.54 Å². The average molecular weight is 363 g/mol. The minimum absolute atomic E-state index is 0.417. The molecule has 0 aliphatic heterocycles. The van der Waals surface area contributed by atoms with Crippen LogP contribution >= 0.6 is 33.9 Å². The minimum atomic E-state index is 0.417. The van der Waals surface area contributed by atoms with Crippen LogP contribution < -0.4 is 5.32 Å². The van der Waals surface area contributed by atoms with Gasteiger partial charge in [-0.1, -0.05) is 20.8 Å². The molecule has 1 heterocycles. The molecule has 96 valence electrons. The summed E-state index contributed by atoms with van der Waals surface area (Å²) in [6, 6.07) is 2.99. The fourth-order valence-electron chi connectivity index (χ4n) is 2.26. The summed E-state index contributed by atoms with van der Waals surface area (Å²) >= 11 is 4.43. The van der Waals surface area contributed by atoms with Crippen molar-refractivity contribution < 1.29 is 0 Å². The summed E-state index contributed by atoms with van der Waals surface area (Å²) in [5.41, 5.74) is 2.00. The van der Waals surface area contributed by atoms with E-state index in [1.165, 1.54) is 28.6 Å². The van der Waals surface area contributed by atoms with Gasteiger partial charge in [-0.25, -0.2) is 0 Å². The smallest absolute Gasteiger partial charge is 0.0659 e. The number of hydrogen-bond acceptors (Lipinski definition) is 2. The highest BCUT2D eigenvalue weighted by molar-refractivity contribution is 14.1. The molecule has 1 N–H and O–H groups in total. The first-order chi connectivity index (χ1) is 8.02. The van der Waals surface area contributed by atoms with Crippen molar-refractivity contribution in [2.24, 2.45) is 5.41 Å². The van der Waals surface area contributed by atoms with E-state index in [0.29, 0.717) is 11.5 Å².